The molecule has 0 saturated heterocycles. The molecule has 0 atom stereocenters. The molecule has 0 radical (unpaired) electrons. The highest BCUT2D eigenvalue weighted by atomic mass is 32.2. The van der Waals surface area contributed by atoms with Crippen LogP contribution >= 0.6 is 11.8 Å². The van der Waals surface area contributed by atoms with E-state index in [1.165, 1.54) is 17.3 Å². The zero-order valence-electron chi connectivity index (χ0n) is 14.1. The third kappa shape index (κ3) is 6.35. The molecule has 0 aromatic heterocycles. The number of benzene rings is 2. The summed E-state index contributed by atoms with van der Waals surface area (Å²) in [7, 11) is 1.59. The highest BCUT2D eigenvalue weighted by molar-refractivity contribution is 8.13. The van der Waals surface area contributed by atoms with Crippen LogP contribution in [0.1, 0.15) is 11.1 Å². The van der Waals surface area contributed by atoms with Crippen molar-refractivity contribution < 1.29 is 9.47 Å². The summed E-state index contributed by atoms with van der Waals surface area (Å²) >= 11 is 1.44. The first kappa shape index (κ1) is 18.6. The van der Waals surface area contributed by atoms with Gasteiger partial charge in [-0.05, 0) is 29.3 Å². The lowest BCUT2D eigenvalue weighted by Crippen LogP contribution is -2.06. The van der Waals surface area contributed by atoms with E-state index in [1.807, 2.05) is 48.5 Å². The molecule has 5 nitrogen and oxygen atoms in total. The number of thioether (sulfide) groups is 1. The molecule has 0 amide bonds. The minimum Gasteiger partial charge on any atom is -0.493 e. The molecule has 2 rings (SSSR count). The van der Waals surface area contributed by atoms with E-state index in [9.17, 15) is 0 Å². The van der Waals surface area contributed by atoms with Crippen molar-refractivity contribution in [2.24, 2.45) is 15.9 Å². The van der Waals surface area contributed by atoms with Crippen LogP contribution in [0.15, 0.2) is 71.4 Å². The average molecular weight is 355 g/mol. The normalized spacial score (nSPS) is 11.5. The van der Waals surface area contributed by atoms with Crippen molar-refractivity contribution in [1.29, 1.82) is 0 Å². The van der Waals surface area contributed by atoms with Crippen molar-refractivity contribution in [3.8, 4) is 11.5 Å². The van der Waals surface area contributed by atoms with E-state index in [1.54, 1.807) is 19.4 Å². The van der Waals surface area contributed by atoms with Crippen molar-refractivity contribution in [2.75, 3.05) is 13.7 Å². The maximum Gasteiger partial charge on any atom is 0.180 e. The number of hydrogen-bond acceptors (Lipinski definition) is 5. The molecule has 2 aromatic rings. The van der Waals surface area contributed by atoms with Crippen LogP contribution in [0.3, 0.4) is 0 Å². The fraction of sp³-hybridized carbons (Fsp3) is 0.158. The standard InChI is InChI=1S/C19H21N3O2S/c1-3-11-24-17-10-9-16(12-18(17)23-2)13-21-22-19(20)25-14-15-7-5-4-6-8-15/h3-10,12-13H,1,11,14H2,2H3,(H2,20,22). The Morgan fingerprint density at radius 2 is 2.00 bits per heavy atom. The van der Waals surface area contributed by atoms with E-state index < -0.39 is 0 Å². The van der Waals surface area contributed by atoms with Crippen molar-refractivity contribution in [3.63, 3.8) is 0 Å². The van der Waals surface area contributed by atoms with Crippen LogP contribution in [0, 0.1) is 0 Å². The van der Waals surface area contributed by atoms with Gasteiger partial charge < -0.3 is 15.2 Å². The summed E-state index contributed by atoms with van der Waals surface area (Å²) in [5.41, 5.74) is 7.90. The minimum absolute atomic E-state index is 0.415. The van der Waals surface area contributed by atoms with E-state index in [-0.39, 0.29) is 0 Å². The minimum atomic E-state index is 0.415. The zero-order chi connectivity index (χ0) is 17.9. The van der Waals surface area contributed by atoms with Gasteiger partial charge >= 0.3 is 0 Å². The van der Waals surface area contributed by atoms with Crippen LogP contribution in [0.25, 0.3) is 0 Å². The second kappa shape index (κ2) is 10.2. The van der Waals surface area contributed by atoms with Gasteiger partial charge in [-0.1, -0.05) is 54.7 Å². The van der Waals surface area contributed by atoms with Crippen LogP contribution in [-0.4, -0.2) is 25.1 Å². The molecule has 130 valence electrons. The van der Waals surface area contributed by atoms with Crippen LogP contribution in [-0.2, 0) is 5.75 Å². The van der Waals surface area contributed by atoms with E-state index in [0.29, 0.717) is 23.3 Å². The van der Waals surface area contributed by atoms with Gasteiger partial charge in [0.15, 0.2) is 16.7 Å². The van der Waals surface area contributed by atoms with E-state index >= 15 is 0 Å². The van der Waals surface area contributed by atoms with Crippen molar-refractivity contribution in [3.05, 3.63) is 72.3 Å². The lowest BCUT2D eigenvalue weighted by atomic mass is 10.2. The maximum absolute atomic E-state index is 5.87. The van der Waals surface area contributed by atoms with E-state index in [2.05, 4.69) is 16.8 Å². The molecule has 0 aliphatic rings. The van der Waals surface area contributed by atoms with Gasteiger partial charge in [-0.25, -0.2) is 0 Å². The van der Waals surface area contributed by atoms with Crippen LogP contribution in [0.5, 0.6) is 11.5 Å². The molecule has 0 spiro atoms. The Labute approximate surface area is 152 Å². The second-order valence-corrected chi connectivity index (χ2v) is 5.96. The van der Waals surface area contributed by atoms with Gasteiger partial charge in [0.25, 0.3) is 0 Å². The summed E-state index contributed by atoms with van der Waals surface area (Å²) in [6.07, 6.45) is 3.30. The summed E-state index contributed by atoms with van der Waals surface area (Å²) in [6.45, 7) is 4.04. The summed E-state index contributed by atoms with van der Waals surface area (Å²) in [5, 5.41) is 8.44. The summed E-state index contributed by atoms with van der Waals surface area (Å²) < 4.78 is 10.8. The maximum atomic E-state index is 5.87. The highest BCUT2D eigenvalue weighted by Crippen LogP contribution is 2.27. The van der Waals surface area contributed by atoms with Crippen molar-refractivity contribution in [1.82, 2.24) is 0 Å². The van der Waals surface area contributed by atoms with Gasteiger partial charge in [-0.3, -0.25) is 0 Å². The first-order valence-electron chi connectivity index (χ1n) is 7.68. The topological polar surface area (TPSA) is 69.2 Å². The first-order chi connectivity index (χ1) is 12.2. The summed E-state index contributed by atoms with van der Waals surface area (Å²) in [5.74, 6) is 2.04. The molecular formula is C19H21N3O2S. The van der Waals surface area contributed by atoms with Gasteiger partial charge in [-0.15, -0.1) is 5.10 Å². The Morgan fingerprint density at radius 1 is 1.20 bits per heavy atom. The quantitative estimate of drug-likeness (QED) is 0.338. The fourth-order valence-corrected chi connectivity index (χ4v) is 2.56. The largest absolute Gasteiger partial charge is 0.493 e. The molecule has 6 heteroatoms. The number of amidine groups is 1. The molecule has 0 bridgehead atoms. The number of rotatable bonds is 8. The van der Waals surface area contributed by atoms with Gasteiger partial charge in [0.2, 0.25) is 0 Å². The Kier molecular flexibility index (Phi) is 7.59. The number of hydrogen-bond donors (Lipinski definition) is 1. The van der Waals surface area contributed by atoms with Gasteiger partial charge in [0, 0.05) is 5.75 Å². The molecule has 0 fully saturated rings. The van der Waals surface area contributed by atoms with Gasteiger partial charge in [0.05, 0.1) is 13.3 Å². The monoisotopic (exact) mass is 355 g/mol. The Morgan fingerprint density at radius 3 is 2.72 bits per heavy atom. The predicted molar refractivity (Wildman–Crippen MR) is 106 cm³/mol. The molecule has 0 aliphatic carbocycles. The lowest BCUT2D eigenvalue weighted by molar-refractivity contribution is 0.326. The zero-order valence-corrected chi connectivity index (χ0v) is 14.9. The summed E-state index contributed by atoms with van der Waals surface area (Å²) in [4.78, 5) is 0. The Hall–Kier alpha value is -2.73. The molecule has 0 unspecified atom stereocenters. The Balaban J connectivity index is 1.94. The summed E-state index contributed by atoms with van der Waals surface area (Å²) in [6, 6.07) is 15.6. The van der Waals surface area contributed by atoms with E-state index in [4.69, 9.17) is 15.2 Å². The molecule has 25 heavy (non-hydrogen) atoms. The van der Waals surface area contributed by atoms with Crippen molar-refractivity contribution >= 4 is 23.1 Å². The van der Waals surface area contributed by atoms with E-state index in [0.717, 1.165) is 11.3 Å². The molecule has 2 N–H and O–H groups in total. The second-order valence-electron chi connectivity index (χ2n) is 4.97. The SMILES string of the molecule is C=CCOc1ccc(C=NN=C(N)SCc2ccccc2)cc1OC. The van der Waals surface area contributed by atoms with Gasteiger partial charge in [-0.2, -0.15) is 5.10 Å². The Bertz CT molecular complexity index is 746. The molecule has 0 aliphatic heterocycles. The molecule has 2 aromatic carbocycles. The molecule has 0 saturated carbocycles. The van der Waals surface area contributed by atoms with Crippen LogP contribution < -0.4 is 15.2 Å². The highest BCUT2D eigenvalue weighted by Gasteiger charge is 2.04. The lowest BCUT2D eigenvalue weighted by Gasteiger charge is -2.09. The number of nitrogens with two attached hydrogens (primary N) is 1. The first-order valence-corrected chi connectivity index (χ1v) is 8.66. The number of methoxy groups -OCH3 is 1. The smallest absolute Gasteiger partial charge is 0.180 e. The van der Waals surface area contributed by atoms with Crippen molar-refractivity contribution in [2.45, 2.75) is 5.75 Å². The molecule has 0 heterocycles. The molecular weight excluding hydrogens is 334 g/mol. The van der Waals surface area contributed by atoms with Crippen LogP contribution in [0.2, 0.25) is 0 Å². The number of nitrogens with zero attached hydrogens (tertiary/aromatic N) is 2. The third-order valence-electron chi connectivity index (χ3n) is 3.14. The van der Waals surface area contributed by atoms with Gasteiger partial charge in [0.1, 0.15) is 6.61 Å². The fourth-order valence-electron chi connectivity index (χ4n) is 1.95. The average Bonchev–Trinajstić information content (AvgIpc) is 2.66. The third-order valence-corrected chi connectivity index (χ3v) is 3.99. The van der Waals surface area contributed by atoms with Crippen LogP contribution in [0.4, 0.5) is 0 Å². The predicted octanol–water partition coefficient (Wildman–Crippen LogP) is 3.84. The number of ether oxygens (including phenoxy) is 2.